The molecule has 0 atom stereocenters. The monoisotopic (exact) mass is 304 g/mol. The summed E-state index contributed by atoms with van der Waals surface area (Å²) in [6.45, 7) is 3.94. The van der Waals surface area contributed by atoms with E-state index in [-0.39, 0.29) is 5.82 Å². The van der Waals surface area contributed by atoms with Gasteiger partial charge < -0.3 is 14.7 Å². The Kier molecular flexibility index (Phi) is 3.98. The molecule has 0 radical (unpaired) electrons. The van der Waals surface area contributed by atoms with Gasteiger partial charge in [0.05, 0.1) is 0 Å². The third-order valence-electron chi connectivity index (χ3n) is 4.13. The lowest BCUT2D eigenvalue weighted by molar-refractivity contribution is 0.310. The fourth-order valence-corrected chi connectivity index (χ4v) is 2.67. The van der Waals surface area contributed by atoms with Crippen LogP contribution in [0.25, 0.3) is 0 Å². The number of benzene rings is 1. The molecule has 6 nitrogen and oxygen atoms in total. The summed E-state index contributed by atoms with van der Waals surface area (Å²) in [7, 11) is 6.00. The lowest BCUT2D eigenvalue weighted by Gasteiger charge is -2.32. The Labute approximate surface area is 129 Å². The highest BCUT2D eigenvalue weighted by atomic mass is 19.1. The molecule has 0 spiro atoms. The largest absolute Gasteiger partial charge is 0.338 e. The summed E-state index contributed by atoms with van der Waals surface area (Å²) in [5.41, 5.74) is 0.877. The van der Waals surface area contributed by atoms with Gasteiger partial charge in [0.2, 0.25) is 11.9 Å². The predicted molar refractivity (Wildman–Crippen MR) is 85.2 cm³/mol. The standard InChI is InChI=1S/C15H21FN6/c1-19-8-10-22(11-9-19)15-18-17-14(21(15)3)20(2)13-6-4-12(16)5-7-13/h4-7H,8-11H2,1-3H3. The third kappa shape index (κ3) is 2.76. The summed E-state index contributed by atoms with van der Waals surface area (Å²) in [6, 6.07) is 6.37. The summed E-state index contributed by atoms with van der Waals surface area (Å²) in [5, 5.41) is 8.63. The van der Waals surface area contributed by atoms with Gasteiger partial charge in [-0.1, -0.05) is 0 Å². The Bertz CT molecular complexity index is 630. The Morgan fingerprint density at radius 2 is 1.64 bits per heavy atom. The van der Waals surface area contributed by atoms with Crippen molar-refractivity contribution in [1.82, 2.24) is 19.7 Å². The molecule has 0 unspecified atom stereocenters. The van der Waals surface area contributed by atoms with Gasteiger partial charge >= 0.3 is 0 Å². The van der Waals surface area contributed by atoms with Crippen molar-refractivity contribution >= 4 is 17.6 Å². The number of hydrogen-bond donors (Lipinski definition) is 0. The van der Waals surface area contributed by atoms with Crippen molar-refractivity contribution < 1.29 is 4.39 Å². The van der Waals surface area contributed by atoms with Crippen molar-refractivity contribution in [1.29, 1.82) is 0 Å². The maximum absolute atomic E-state index is 13.0. The molecule has 7 heteroatoms. The van der Waals surface area contributed by atoms with Crippen LogP contribution in [0.15, 0.2) is 24.3 Å². The second-order valence-corrected chi connectivity index (χ2v) is 5.68. The van der Waals surface area contributed by atoms with Crippen molar-refractivity contribution in [3.8, 4) is 0 Å². The molecule has 1 aromatic carbocycles. The van der Waals surface area contributed by atoms with E-state index in [2.05, 4.69) is 27.0 Å². The molecular weight excluding hydrogens is 283 g/mol. The van der Waals surface area contributed by atoms with Crippen molar-refractivity contribution in [2.75, 3.05) is 50.1 Å². The molecule has 0 amide bonds. The maximum atomic E-state index is 13.0. The lowest BCUT2D eigenvalue weighted by Crippen LogP contribution is -2.45. The molecule has 1 aliphatic rings. The predicted octanol–water partition coefficient (Wildman–Crippen LogP) is 1.47. The average molecular weight is 304 g/mol. The van der Waals surface area contributed by atoms with Gasteiger partial charge in [-0.15, -0.1) is 10.2 Å². The number of halogens is 1. The second kappa shape index (κ2) is 5.92. The van der Waals surface area contributed by atoms with Gasteiger partial charge in [0.1, 0.15) is 5.82 Å². The molecule has 3 rings (SSSR count). The van der Waals surface area contributed by atoms with Gasteiger partial charge in [0.15, 0.2) is 0 Å². The molecule has 0 aliphatic carbocycles. The van der Waals surface area contributed by atoms with E-state index in [1.54, 1.807) is 12.1 Å². The minimum Gasteiger partial charge on any atom is -0.338 e. The fourth-order valence-electron chi connectivity index (χ4n) is 2.67. The lowest BCUT2D eigenvalue weighted by atomic mass is 10.3. The van der Waals surface area contributed by atoms with Crippen LogP contribution in [0.1, 0.15) is 0 Å². The first-order valence-corrected chi connectivity index (χ1v) is 7.38. The van der Waals surface area contributed by atoms with Crippen molar-refractivity contribution in [3.63, 3.8) is 0 Å². The first-order valence-electron chi connectivity index (χ1n) is 7.38. The molecule has 0 bridgehead atoms. The topological polar surface area (TPSA) is 40.4 Å². The van der Waals surface area contributed by atoms with E-state index in [9.17, 15) is 4.39 Å². The summed E-state index contributed by atoms with van der Waals surface area (Å²) in [4.78, 5) is 6.46. The molecule has 2 aromatic rings. The third-order valence-corrected chi connectivity index (χ3v) is 4.13. The van der Waals surface area contributed by atoms with Gasteiger partial charge in [-0.05, 0) is 31.3 Å². The average Bonchev–Trinajstić information content (AvgIpc) is 2.90. The van der Waals surface area contributed by atoms with E-state index in [0.29, 0.717) is 0 Å². The SMILES string of the molecule is CN1CCN(c2nnc(N(C)c3ccc(F)cc3)n2C)CC1. The molecule has 1 fully saturated rings. The molecule has 1 aliphatic heterocycles. The van der Waals surface area contributed by atoms with Crippen LogP contribution >= 0.6 is 0 Å². The van der Waals surface area contributed by atoms with Crippen molar-refractivity contribution in [2.24, 2.45) is 7.05 Å². The van der Waals surface area contributed by atoms with E-state index in [1.807, 2.05) is 23.6 Å². The Morgan fingerprint density at radius 1 is 1.00 bits per heavy atom. The molecule has 1 aromatic heterocycles. The van der Waals surface area contributed by atoms with Crippen LogP contribution in [0.5, 0.6) is 0 Å². The molecule has 22 heavy (non-hydrogen) atoms. The first kappa shape index (κ1) is 14.8. The van der Waals surface area contributed by atoms with Crippen LogP contribution in [0.4, 0.5) is 22.0 Å². The zero-order valence-electron chi connectivity index (χ0n) is 13.2. The smallest absolute Gasteiger partial charge is 0.232 e. The van der Waals surface area contributed by atoms with Gasteiger partial charge in [0, 0.05) is 46.0 Å². The Morgan fingerprint density at radius 3 is 2.27 bits per heavy atom. The van der Waals surface area contributed by atoms with Gasteiger partial charge in [0.25, 0.3) is 0 Å². The molecule has 2 heterocycles. The Hall–Kier alpha value is -2.15. The number of aromatic nitrogens is 3. The molecule has 118 valence electrons. The van der Waals surface area contributed by atoms with Crippen LogP contribution in [0.3, 0.4) is 0 Å². The van der Waals surface area contributed by atoms with Gasteiger partial charge in [-0.2, -0.15) is 0 Å². The van der Waals surface area contributed by atoms with Crippen LogP contribution in [0, 0.1) is 5.82 Å². The number of likely N-dealkylation sites (N-methyl/N-ethyl adjacent to an activating group) is 1. The fraction of sp³-hybridized carbons (Fsp3) is 0.467. The summed E-state index contributed by atoms with van der Waals surface area (Å²) < 4.78 is 15.0. The number of piperazine rings is 1. The normalized spacial score (nSPS) is 16.1. The van der Waals surface area contributed by atoms with Crippen LogP contribution < -0.4 is 9.80 Å². The first-order chi connectivity index (χ1) is 10.6. The number of nitrogens with zero attached hydrogens (tertiary/aromatic N) is 6. The van der Waals surface area contributed by atoms with E-state index >= 15 is 0 Å². The van der Waals surface area contributed by atoms with Crippen molar-refractivity contribution in [2.45, 2.75) is 0 Å². The van der Waals surface area contributed by atoms with E-state index < -0.39 is 0 Å². The molecule has 0 N–H and O–H groups in total. The van der Waals surface area contributed by atoms with E-state index in [1.165, 1.54) is 12.1 Å². The number of rotatable bonds is 3. The highest BCUT2D eigenvalue weighted by molar-refractivity contribution is 5.57. The number of hydrogen-bond acceptors (Lipinski definition) is 5. The van der Waals surface area contributed by atoms with Gasteiger partial charge in [-0.3, -0.25) is 4.57 Å². The maximum Gasteiger partial charge on any atom is 0.232 e. The van der Waals surface area contributed by atoms with Crippen molar-refractivity contribution in [3.05, 3.63) is 30.1 Å². The zero-order chi connectivity index (χ0) is 15.7. The minimum atomic E-state index is -0.242. The molecule has 1 saturated heterocycles. The highest BCUT2D eigenvalue weighted by Crippen LogP contribution is 2.25. The van der Waals surface area contributed by atoms with E-state index in [4.69, 9.17) is 0 Å². The second-order valence-electron chi connectivity index (χ2n) is 5.68. The van der Waals surface area contributed by atoms with Crippen LogP contribution in [-0.2, 0) is 7.05 Å². The molecule has 0 saturated carbocycles. The molecular formula is C15H21FN6. The highest BCUT2D eigenvalue weighted by Gasteiger charge is 2.21. The van der Waals surface area contributed by atoms with E-state index in [0.717, 1.165) is 43.8 Å². The summed E-state index contributed by atoms with van der Waals surface area (Å²) in [6.07, 6.45) is 0. The summed E-state index contributed by atoms with van der Waals surface area (Å²) >= 11 is 0. The van der Waals surface area contributed by atoms with Crippen LogP contribution in [0.2, 0.25) is 0 Å². The number of anilines is 3. The zero-order valence-corrected chi connectivity index (χ0v) is 13.2. The van der Waals surface area contributed by atoms with Gasteiger partial charge in [-0.25, -0.2) is 4.39 Å². The quantitative estimate of drug-likeness (QED) is 0.859. The summed E-state index contributed by atoms with van der Waals surface area (Å²) in [5.74, 6) is 1.37. The minimum absolute atomic E-state index is 0.242. The van der Waals surface area contributed by atoms with Crippen LogP contribution in [-0.4, -0.2) is 59.9 Å². The Balaban J connectivity index is 1.82.